The van der Waals surface area contributed by atoms with Crippen molar-refractivity contribution in [3.63, 3.8) is 0 Å². The Morgan fingerprint density at radius 1 is 1.56 bits per heavy atom. The molecule has 2 N–H and O–H groups in total. The van der Waals surface area contributed by atoms with E-state index in [4.69, 9.17) is 0 Å². The third-order valence-electron chi connectivity index (χ3n) is 3.02. The smallest absolute Gasteiger partial charge is 0.255 e. The minimum Gasteiger partial charge on any atom is -0.340 e. The van der Waals surface area contributed by atoms with Crippen LogP contribution >= 0.6 is 0 Å². The molecule has 1 aromatic heterocycles. The standard InChI is InChI=1S/C11H14N4O3/c1-6-7(5-12-15(6)2)10(17)13-8-3-4-9(16)14-11(8)18/h5,8H,3-4H2,1-2H3,(H,13,17)(H,14,16,18). The summed E-state index contributed by atoms with van der Waals surface area (Å²) in [6.07, 6.45) is 2.02. The number of piperidine rings is 1. The number of rotatable bonds is 2. The first-order valence-electron chi connectivity index (χ1n) is 5.62. The fraction of sp³-hybridized carbons (Fsp3) is 0.455. The summed E-state index contributed by atoms with van der Waals surface area (Å²) in [5.74, 6) is -1.11. The van der Waals surface area contributed by atoms with Crippen LogP contribution < -0.4 is 10.6 Å². The molecule has 1 aromatic rings. The highest BCUT2D eigenvalue weighted by Crippen LogP contribution is 2.09. The zero-order chi connectivity index (χ0) is 13.3. The molecule has 0 bridgehead atoms. The number of nitrogens with zero attached hydrogens (tertiary/aromatic N) is 2. The number of carbonyl (C=O) groups excluding carboxylic acids is 3. The van der Waals surface area contributed by atoms with Gasteiger partial charge in [-0.15, -0.1) is 0 Å². The van der Waals surface area contributed by atoms with Gasteiger partial charge in [-0.1, -0.05) is 0 Å². The molecule has 18 heavy (non-hydrogen) atoms. The fourth-order valence-corrected chi connectivity index (χ4v) is 1.79. The molecule has 2 rings (SSSR count). The van der Waals surface area contributed by atoms with Crippen molar-refractivity contribution in [3.8, 4) is 0 Å². The molecular formula is C11H14N4O3. The van der Waals surface area contributed by atoms with Gasteiger partial charge in [-0.3, -0.25) is 24.4 Å². The minimum atomic E-state index is -0.658. The first-order valence-corrected chi connectivity index (χ1v) is 5.62. The second-order valence-electron chi connectivity index (χ2n) is 4.24. The van der Waals surface area contributed by atoms with Crippen molar-refractivity contribution in [1.82, 2.24) is 20.4 Å². The first kappa shape index (κ1) is 12.3. The Kier molecular flexibility index (Phi) is 3.14. The van der Waals surface area contributed by atoms with E-state index in [9.17, 15) is 14.4 Å². The molecule has 0 saturated carbocycles. The normalized spacial score (nSPS) is 19.6. The number of hydrogen-bond donors (Lipinski definition) is 2. The van der Waals surface area contributed by atoms with Crippen LogP contribution in [0.5, 0.6) is 0 Å². The van der Waals surface area contributed by atoms with E-state index in [1.165, 1.54) is 6.20 Å². The van der Waals surface area contributed by atoms with Crippen LogP contribution in [0.25, 0.3) is 0 Å². The van der Waals surface area contributed by atoms with Crippen LogP contribution in [-0.4, -0.2) is 33.5 Å². The molecule has 1 aliphatic rings. The molecule has 1 unspecified atom stereocenters. The molecule has 7 heteroatoms. The maximum Gasteiger partial charge on any atom is 0.255 e. The second kappa shape index (κ2) is 4.59. The van der Waals surface area contributed by atoms with Gasteiger partial charge in [-0.05, 0) is 13.3 Å². The summed E-state index contributed by atoms with van der Waals surface area (Å²) < 4.78 is 1.58. The number of imide groups is 1. The van der Waals surface area contributed by atoms with E-state index in [-0.39, 0.29) is 18.2 Å². The molecule has 7 nitrogen and oxygen atoms in total. The maximum absolute atomic E-state index is 11.9. The lowest BCUT2D eigenvalue weighted by molar-refractivity contribution is -0.134. The van der Waals surface area contributed by atoms with Gasteiger partial charge in [-0.2, -0.15) is 5.10 Å². The fourth-order valence-electron chi connectivity index (χ4n) is 1.79. The highest BCUT2D eigenvalue weighted by molar-refractivity contribution is 6.03. The highest BCUT2D eigenvalue weighted by atomic mass is 16.2. The van der Waals surface area contributed by atoms with Crippen LogP contribution in [-0.2, 0) is 16.6 Å². The lowest BCUT2D eigenvalue weighted by Gasteiger charge is -2.21. The van der Waals surface area contributed by atoms with Gasteiger partial charge < -0.3 is 5.32 Å². The van der Waals surface area contributed by atoms with Gasteiger partial charge in [0.05, 0.1) is 11.8 Å². The van der Waals surface area contributed by atoms with Crippen molar-refractivity contribution < 1.29 is 14.4 Å². The Balaban J connectivity index is 2.06. The summed E-state index contributed by atoms with van der Waals surface area (Å²) in [6, 6.07) is -0.658. The predicted molar refractivity (Wildman–Crippen MR) is 61.6 cm³/mol. The van der Waals surface area contributed by atoms with Gasteiger partial charge >= 0.3 is 0 Å². The number of aromatic nitrogens is 2. The molecule has 0 aliphatic carbocycles. The Morgan fingerprint density at radius 3 is 2.83 bits per heavy atom. The van der Waals surface area contributed by atoms with Crippen molar-refractivity contribution in [2.45, 2.75) is 25.8 Å². The van der Waals surface area contributed by atoms with E-state index >= 15 is 0 Å². The van der Waals surface area contributed by atoms with E-state index < -0.39 is 11.9 Å². The van der Waals surface area contributed by atoms with Crippen molar-refractivity contribution in [2.24, 2.45) is 7.05 Å². The molecule has 3 amide bonds. The summed E-state index contributed by atoms with van der Waals surface area (Å²) in [5.41, 5.74) is 1.15. The van der Waals surface area contributed by atoms with Crippen LogP contribution in [0.1, 0.15) is 28.9 Å². The summed E-state index contributed by atoms with van der Waals surface area (Å²) in [7, 11) is 1.73. The Morgan fingerprint density at radius 2 is 2.28 bits per heavy atom. The summed E-state index contributed by atoms with van der Waals surface area (Å²) in [6.45, 7) is 1.77. The number of amides is 3. The number of hydrogen-bond acceptors (Lipinski definition) is 4. The lowest BCUT2D eigenvalue weighted by atomic mass is 10.1. The molecular weight excluding hydrogens is 236 g/mol. The Hall–Kier alpha value is -2.18. The van der Waals surface area contributed by atoms with Crippen LogP contribution in [0, 0.1) is 6.92 Å². The molecule has 0 radical (unpaired) electrons. The van der Waals surface area contributed by atoms with Gasteiger partial charge in [0.15, 0.2) is 0 Å². The predicted octanol–water partition coefficient (Wildman–Crippen LogP) is -0.736. The molecule has 0 spiro atoms. The summed E-state index contributed by atoms with van der Waals surface area (Å²) in [4.78, 5) is 34.4. The Labute approximate surface area is 104 Å². The summed E-state index contributed by atoms with van der Waals surface area (Å²) in [5, 5.41) is 8.76. The van der Waals surface area contributed by atoms with Crippen LogP contribution in [0.2, 0.25) is 0 Å². The number of aryl methyl sites for hydroxylation is 1. The molecule has 1 saturated heterocycles. The minimum absolute atomic E-state index is 0.239. The van der Waals surface area contributed by atoms with Gasteiger partial charge in [-0.25, -0.2) is 0 Å². The molecule has 1 aliphatic heterocycles. The molecule has 1 fully saturated rings. The summed E-state index contributed by atoms with van der Waals surface area (Å²) >= 11 is 0. The highest BCUT2D eigenvalue weighted by Gasteiger charge is 2.28. The SMILES string of the molecule is Cc1c(C(=O)NC2CCC(=O)NC2=O)cnn1C. The van der Waals surface area contributed by atoms with E-state index in [0.29, 0.717) is 12.0 Å². The van der Waals surface area contributed by atoms with Gasteiger partial charge in [0.2, 0.25) is 11.8 Å². The molecule has 1 atom stereocenters. The third kappa shape index (κ3) is 2.24. The van der Waals surface area contributed by atoms with E-state index in [2.05, 4.69) is 15.7 Å². The van der Waals surface area contributed by atoms with Crippen molar-refractivity contribution in [2.75, 3.05) is 0 Å². The van der Waals surface area contributed by atoms with Gasteiger partial charge in [0, 0.05) is 19.2 Å². The second-order valence-corrected chi connectivity index (χ2v) is 4.24. The van der Waals surface area contributed by atoms with Crippen molar-refractivity contribution in [1.29, 1.82) is 0 Å². The van der Waals surface area contributed by atoms with Crippen LogP contribution in [0.15, 0.2) is 6.20 Å². The number of nitrogens with one attached hydrogen (secondary N) is 2. The number of carbonyl (C=O) groups is 3. The van der Waals surface area contributed by atoms with Crippen molar-refractivity contribution in [3.05, 3.63) is 17.5 Å². The zero-order valence-electron chi connectivity index (χ0n) is 10.2. The third-order valence-corrected chi connectivity index (χ3v) is 3.02. The first-order chi connectivity index (χ1) is 8.49. The zero-order valence-corrected chi connectivity index (χ0v) is 10.2. The molecule has 0 aromatic carbocycles. The van der Waals surface area contributed by atoms with Crippen LogP contribution in [0.3, 0.4) is 0 Å². The average Bonchev–Trinajstić information content (AvgIpc) is 2.64. The van der Waals surface area contributed by atoms with Gasteiger partial charge in [0.25, 0.3) is 5.91 Å². The van der Waals surface area contributed by atoms with Gasteiger partial charge in [0.1, 0.15) is 6.04 Å². The van der Waals surface area contributed by atoms with Crippen LogP contribution in [0.4, 0.5) is 0 Å². The van der Waals surface area contributed by atoms with E-state index in [1.54, 1.807) is 18.7 Å². The van der Waals surface area contributed by atoms with E-state index in [1.807, 2.05) is 0 Å². The van der Waals surface area contributed by atoms with Crippen molar-refractivity contribution >= 4 is 17.7 Å². The largest absolute Gasteiger partial charge is 0.340 e. The monoisotopic (exact) mass is 250 g/mol. The van der Waals surface area contributed by atoms with E-state index in [0.717, 1.165) is 5.69 Å². The molecule has 2 heterocycles. The lowest BCUT2D eigenvalue weighted by Crippen LogP contribution is -2.52. The Bertz CT molecular complexity index is 520. The average molecular weight is 250 g/mol. The quantitative estimate of drug-likeness (QED) is 0.676. The maximum atomic E-state index is 11.9. The topological polar surface area (TPSA) is 93.1 Å². The molecule has 96 valence electrons.